The second-order valence-electron chi connectivity index (χ2n) is 8.72. The molecule has 6 N–H and O–H groups in total. The maximum atomic E-state index is 13.0. The fourth-order valence-corrected chi connectivity index (χ4v) is 4.02. The Bertz CT molecular complexity index is 1430. The third kappa shape index (κ3) is 8.84. The van der Waals surface area contributed by atoms with Gasteiger partial charge in [-0.25, -0.2) is 9.59 Å². The van der Waals surface area contributed by atoms with Crippen LogP contribution in [0.25, 0.3) is 0 Å². The van der Waals surface area contributed by atoms with E-state index < -0.39 is 17.9 Å². The molecule has 3 aromatic rings. The summed E-state index contributed by atoms with van der Waals surface area (Å²) in [4.78, 5) is 49.2. The zero-order valence-electron chi connectivity index (χ0n) is 21.2. The number of nitrogens with zero attached hydrogens (tertiary/aromatic N) is 1. The van der Waals surface area contributed by atoms with Gasteiger partial charge in [0.1, 0.15) is 5.75 Å². The van der Waals surface area contributed by atoms with Crippen molar-refractivity contribution in [2.75, 3.05) is 11.9 Å². The minimum absolute atomic E-state index is 0.0255. The summed E-state index contributed by atoms with van der Waals surface area (Å²) in [7, 11) is 0. The Kier molecular flexibility index (Phi) is 10.2. The molecule has 0 atom stereocenters. The Morgan fingerprint density at radius 2 is 1.68 bits per heavy atom. The van der Waals surface area contributed by atoms with E-state index in [4.69, 9.17) is 32.6 Å². The van der Waals surface area contributed by atoms with Crippen LogP contribution < -0.4 is 15.8 Å². The fourth-order valence-electron chi connectivity index (χ4n) is 3.75. The van der Waals surface area contributed by atoms with Crippen LogP contribution in [0.15, 0.2) is 66.7 Å². The van der Waals surface area contributed by atoms with Gasteiger partial charge in [0.05, 0.1) is 17.5 Å². The first-order valence-electron chi connectivity index (χ1n) is 12.1. The van der Waals surface area contributed by atoms with Crippen molar-refractivity contribution >= 4 is 47.1 Å². The first-order valence-corrected chi connectivity index (χ1v) is 12.4. The average Bonchev–Trinajstić information content (AvgIpc) is 2.90. The van der Waals surface area contributed by atoms with Gasteiger partial charge in [-0.15, -0.1) is 0 Å². The molecule has 0 fully saturated rings. The van der Waals surface area contributed by atoms with E-state index in [0.29, 0.717) is 16.8 Å². The highest BCUT2D eigenvalue weighted by Gasteiger charge is 2.18. The Morgan fingerprint density at radius 1 is 0.950 bits per heavy atom. The summed E-state index contributed by atoms with van der Waals surface area (Å²) >= 11 is 6.38. The molecule has 12 heteroatoms. The maximum absolute atomic E-state index is 13.0. The minimum Gasteiger partial charge on any atom is -0.481 e. The smallest absolute Gasteiger partial charge is 0.343 e. The zero-order valence-corrected chi connectivity index (χ0v) is 22.0. The number of nitrogens with one attached hydrogen (secondary N) is 2. The highest BCUT2D eigenvalue weighted by atomic mass is 35.5. The number of hydrogen-bond donors (Lipinski definition) is 5. The maximum Gasteiger partial charge on any atom is 0.343 e. The molecular weight excluding hydrogens is 540 g/mol. The Hall–Kier alpha value is -4.90. The Morgan fingerprint density at radius 3 is 2.30 bits per heavy atom. The van der Waals surface area contributed by atoms with Crippen molar-refractivity contribution in [2.24, 2.45) is 5.73 Å². The number of aliphatic carboxylic acids is 1. The SMILES string of the molecule is N=C(N)Nc1ccc(C(=O)Oc2ccc(CCC(=O)N(CCC(=O)O)Cc3cccc(C(=O)O)c3)c(Cl)c2)cc1. The molecule has 0 radical (unpaired) electrons. The number of halogens is 1. The second kappa shape index (κ2) is 13.8. The van der Waals surface area contributed by atoms with E-state index in [-0.39, 0.29) is 66.1 Å². The topological polar surface area (TPSA) is 183 Å². The lowest BCUT2D eigenvalue weighted by Gasteiger charge is -2.22. The van der Waals surface area contributed by atoms with Crippen molar-refractivity contribution in [2.45, 2.75) is 25.8 Å². The predicted octanol–water partition coefficient (Wildman–Crippen LogP) is 4.00. The molecule has 3 aromatic carbocycles. The average molecular weight is 567 g/mol. The number of carboxylic acids is 2. The van der Waals surface area contributed by atoms with Gasteiger partial charge in [0.25, 0.3) is 0 Å². The van der Waals surface area contributed by atoms with Gasteiger partial charge in [0.15, 0.2) is 5.96 Å². The molecule has 0 saturated carbocycles. The van der Waals surface area contributed by atoms with Crippen molar-refractivity contribution in [1.29, 1.82) is 5.41 Å². The van der Waals surface area contributed by atoms with Crippen LogP contribution in [0.3, 0.4) is 0 Å². The lowest BCUT2D eigenvalue weighted by molar-refractivity contribution is -0.138. The number of aryl methyl sites for hydroxylation is 1. The molecule has 0 saturated heterocycles. The third-order valence-corrected chi connectivity index (χ3v) is 6.09. The number of carbonyl (C=O) groups is 4. The summed E-state index contributed by atoms with van der Waals surface area (Å²) in [6.07, 6.45) is 0.00807. The van der Waals surface area contributed by atoms with E-state index in [9.17, 15) is 24.3 Å². The molecule has 3 rings (SSSR count). The molecular formula is C28H27ClN4O7. The summed E-state index contributed by atoms with van der Waals surface area (Å²) in [5.74, 6) is -3.13. The fraction of sp³-hybridized carbons (Fsp3) is 0.179. The number of ether oxygens (including phenoxy) is 1. The first-order chi connectivity index (χ1) is 19.0. The van der Waals surface area contributed by atoms with Crippen molar-refractivity contribution in [1.82, 2.24) is 4.90 Å². The molecule has 0 unspecified atom stereocenters. The number of hydrogen-bond acceptors (Lipinski definition) is 6. The number of benzene rings is 3. The van der Waals surface area contributed by atoms with Crippen LogP contribution in [0, 0.1) is 5.41 Å². The predicted molar refractivity (Wildman–Crippen MR) is 148 cm³/mol. The van der Waals surface area contributed by atoms with Crippen LogP contribution in [-0.2, 0) is 22.6 Å². The summed E-state index contributed by atoms with van der Waals surface area (Å²) < 4.78 is 5.38. The number of carboxylic acid groups (broad SMARTS) is 2. The quantitative estimate of drug-likeness (QED) is 0.0935. The number of guanidine groups is 1. The van der Waals surface area contributed by atoms with Crippen molar-refractivity contribution < 1.29 is 34.1 Å². The van der Waals surface area contributed by atoms with E-state index in [1.165, 1.54) is 35.2 Å². The first kappa shape index (κ1) is 29.7. The van der Waals surface area contributed by atoms with E-state index in [0.717, 1.165) is 0 Å². The van der Waals surface area contributed by atoms with Crippen molar-refractivity contribution in [3.8, 4) is 5.75 Å². The van der Waals surface area contributed by atoms with Crippen LogP contribution in [0.5, 0.6) is 5.75 Å². The molecule has 11 nitrogen and oxygen atoms in total. The Labute approximate surface area is 234 Å². The summed E-state index contributed by atoms with van der Waals surface area (Å²) in [5, 5.41) is 28.4. The number of anilines is 1. The molecule has 0 aromatic heterocycles. The Balaban J connectivity index is 1.63. The third-order valence-electron chi connectivity index (χ3n) is 5.74. The normalized spacial score (nSPS) is 10.4. The highest BCUT2D eigenvalue weighted by molar-refractivity contribution is 6.31. The van der Waals surface area contributed by atoms with E-state index in [2.05, 4.69) is 5.32 Å². The second-order valence-corrected chi connectivity index (χ2v) is 9.13. The monoisotopic (exact) mass is 566 g/mol. The molecule has 40 heavy (non-hydrogen) atoms. The summed E-state index contributed by atoms with van der Waals surface area (Å²) in [6, 6.07) is 16.9. The number of aromatic carboxylic acids is 1. The lowest BCUT2D eigenvalue weighted by Crippen LogP contribution is -2.32. The number of nitrogens with two attached hydrogens (primary N) is 1. The van der Waals surface area contributed by atoms with Crippen LogP contribution in [0.2, 0.25) is 5.02 Å². The van der Waals surface area contributed by atoms with Crippen LogP contribution in [0.1, 0.15) is 44.7 Å². The van der Waals surface area contributed by atoms with E-state index in [1.54, 1.807) is 36.4 Å². The molecule has 1 amide bonds. The molecule has 208 valence electrons. The standard InChI is InChI=1S/C28H27ClN4O7/c29-23-15-22(40-27(39)19-4-8-21(9-5-19)32-28(30)31)10-6-18(23)7-11-24(34)33(13-12-25(35)36)16-17-2-1-3-20(14-17)26(37)38/h1-6,8-10,14-15H,7,11-13,16H2,(H,35,36)(H,37,38)(H4,30,31,32). The van der Waals surface area contributed by atoms with E-state index in [1.807, 2.05) is 0 Å². The van der Waals surface area contributed by atoms with Gasteiger partial charge < -0.3 is 30.9 Å². The molecule has 0 aliphatic carbocycles. The van der Waals surface area contributed by atoms with Crippen LogP contribution in [0.4, 0.5) is 5.69 Å². The van der Waals surface area contributed by atoms with Crippen LogP contribution >= 0.6 is 11.6 Å². The van der Waals surface area contributed by atoms with E-state index >= 15 is 0 Å². The van der Waals surface area contributed by atoms with Gasteiger partial charge in [0, 0.05) is 30.2 Å². The molecule has 0 aliphatic rings. The van der Waals surface area contributed by atoms with Gasteiger partial charge in [-0.05, 0) is 66.1 Å². The summed E-state index contributed by atoms with van der Waals surface area (Å²) in [6.45, 7) is 0.0154. The minimum atomic E-state index is -1.10. The van der Waals surface area contributed by atoms with Gasteiger partial charge in [-0.1, -0.05) is 29.8 Å². The van der Waals surface area contributed by atoms with Crippen molar-refractivity contribution in [3.05, 3.63) is 94.0 Å². The number of esters is 1. The molecule has 0 heterocycles. The largest absolute Gasteiger partial charge is 0.481 e. The molecule has 0 bridgehead atoms. The number of rotatable bonds is 12. The molecule has 0 aliphatic heterocycles. The lowest BCUT2D eigenvalue weighted by atomic mass is 10.1. The molecule has 0 spiro atoms. The van der Waals surface area contributed by atoms with Crippen molar-refractivity contribution in [3.63, 3.8) is 0 Å². The van der Waals surface area contributed by atoms with Gasteiger partial charge >= 0.3 is 17.9 Å². The summed E-state index contributed by atoms with van der Waals surface area (Å²) in [5.41, 5.74) is 7.35. The number of carbonyl (C=O) groups excluding carboxylic acids is 2. The zero-order chi connectivity index (χ0) is 29.2. The number of amides is 1. The van der Waals surface area contributed by atoms with Gasteiger partial charge in [0.2, 0.25) is 5.91 Å². The highest BCUT2D eigenvalue weighted by Crippen LogP contribution is 2.25. The van der Waals surface area contributed by atoms with Crippen LogP contribution in [-0.4, -0.2) is 51.4 Å². The van der Waals surface area contributed by atoms with Gasteiger partial charge in [-0.3, -0.25) is 15.0 Å². The van der Waals surface area contributed by atoms with Gasteiger partial charge in [-0.2, -0.15) is 0 Å².